The van der Waals surface area contributed by atoms with E-state index in [2.05, 4.69) is 19.0 Å². The zero-order valence-electron chi connectivity index (χ0n) is 26.6. The Balaban J connectivity index is 1.34. The van der Waals surface area contributed by atoms with Crippen molar-refractivity contribution >= 4 is 23.3 Å². The molecule has 0 spiro atoms. The summed E-state index contributed by atoms with van der Waals surface area (Å²) in [5, 5.41) is 9.65. The lowest BCUT2D eigenvalue weighted by molar-refractivity contribution is -0.127. The second kappa shape index (κ2) is 16.0. The highest BCUT2D eigenvalue weighted by atomic mass is 16.5. The Labute approximate surface area is 265 Å². The number of piperidine rings is 1. The summed E-state index contributed by atoms with van der Waals surface area (Å²) in [7, 11) is 7.29. The number of aromatic hydroxyl groups is 1. The minimum absolute atomic E-state index is 0.0411. The number of hydrogen-bond donors (Lipinski definition) is 1. The summed E-state index contributed by atoms with van der Waals surface area (Å²) < 4.78 is 11.4. The summed E-state index contributed by atoms with van der Waals surface area (Å²) in [4.78, 5) is 45.5. The molecule has 0 aliphatic carbocycles. The van der Waals surface area contributed by atoms with Crippen molar-refractivity contribution in [3.8, 4) is 11.5 Å². The normalized spacial score (nSPS) is 13.8. The van der Waals surface area contributed by atoms with E-state index < -0.39 is 0 Å². The first-order chi connectivity index (χ1) is 21.7. The van der Waals surface area contributed by atoms with Gasteiger partial charge >= 0.3 is 0 Å². The number of phenols is 1. The summed E-state index contributed by atoms with van der Waals surface area (Å²) in [6, 6.07) is 18.8. The van der Waals surface area contributed by atoms with Crippen molar-refractivity contribution in [2.45, 2.75) is 38.3 Å². The van der Waals surface area contributed by atoms with Crippen molar-refractivity contribution in [2.24, 2.45) is 0 Å². The Hall–Kier alpha value is -4.47. The monoisotopic (exact) mass is 613 g/mol. The van der Waals surface area contributed by atoms with Gasteiger partial charge in [-0.25, -0.2) is 0 Å². The third kappa shape index (κ3) is 8.59. The number of methoxy groups -OCH3 is 1. The van der Waals surface area contributed by atoms with Crippen molar-refractivity contribution in [3.63, 3.8) is 0 Å². The Kier molecular flexibility index (Phi) is 11.9. The summed E-state index contributed by atoms with van der Waals surface area (Å²) in [5.74, 6) is -0.360. The molecule has 238 valence electrons. The molecule has 9 heteroatoms. The Bertz CT molecular complexity index is 1490. The first kappa shape index (κ1) is 33.4. The molecule has 0 aromatic heterocycles. The van der Waals surface area contributed by atoms with E-state index in [4.69, 9.17) is 9.47 Å². The standard InChI is InChI=1S/C36H43N3O6/c1-37(2)28-20-22-39(23-21-28)33(41)15-6-5-9-24-45-25-27-11-7-8-13-31(27)38(3)36(43)30-12-10-14-32(44-4)34(30)35(42)26-16-18-29(40)19-17-26/h6-8,10-19,28,40H,5,9,20-25H2,1-4H3/b15-6+. The van der Waals surface area contributed by atoms with E-state index in [9.17, 15) is 19.5 Å². The van der Waals surface area contributed by atoms with Crippen LogP contribution < -0.4 is 9.64 Å². The highest BCUT2D eigenvalue weighted by Gasteiger charge is 2.26. The molecule has 4 rings (SSSR count). The molecule has 1 saturated heterocycles. The molecule has 0 atom stereocenters. The quantitative estimate of drug-likeness (QED) is 0.158. The number of nitrogens with zero attached hydrogens (tertiary/aromatic N) is 3. The Morgan fingerprint density at radius 2 is 1.67 bits per heavy atom. The van der Waals surface area contributed by atoms with Crippen LogP contribution in [0.3, 0.4) is 0 Å². The van der Waals surface area contributed by atoms with E-state index in [1.807, 2.05) is 35.2 Å². The number of carbonyl (C=O) groups is 3. The van der Waals surface area contributed by atoms with Gasteiger partial charge in [-0.3, -0.25) is 14.4 Å². The molecule has 1 heterocycles. The van der Waals surface area contributed by atoms with Gasteiger partial charge in [0, 0.05) is 49.6 Å². The van der Waals surface area contributed by atoms with E-state index in [0.717, 1.165) is 44.3 Å². The lowest BCUT2D eigenvalue weighted by Crippen LogP contribution is -2.43. The fourth-order valence-corrected chi connectivity index (χ4v) is 5.50. The van der Waals surface area contributed by atoms with Crippen LogP contribution in [0.5, 0.6) is 11.5 Å². The van der Waals surface area contributed by atoms with Crippen molar-refractivity contribution < 1.29 is 29.0 Å². The number of ether oxygens (including phenoxy) is 2. The van der Waals surface area contributed by atoms with Crippen LogP contribution in [0.2, 0.25) is 0 Å². The highest BCUT2D eigenvalue weighted by Crippen LogP contribution is 2.29. The summed E-state index contributed by atoms with van der Waals surface area (Å²) in [5.41, 5.74) is 2.17. The van der Waals surface area contributed by atoms with Crippen LogP contribution in [0.15, 0.2) is 78.9 Å². The van der Waals surface area contributed by atoms with E-state index in [1.165, 1.54) is 36.3 Å². The first-order valence-corrected chi connectivity index (χ1v) is 15.3. The lowest BCUT2D eigenvalue weighted by Gasteiger charge is -2.34. The number of allylic oxidation sites excluding steroid dienone is 1. The second-order valence-corrected chi connectivity index (χ2v) is 11.4. The van der Waals surface area contributed by atoms with Gasteiger partial charge in [0.05, 0.1) is 24.8 Å². The van der Waals surface area contributed by atoms with Crippen LogP contribution in [-0.2, 0) is 16.1 Å². The van der Waals surface area contributed by atoms with Crippen molar-refractivity contribution in [1.29, 1.82) is 0 Å². The average Bonchev–Trinajstić information content (AvgIpc) is 3.06. The number of phenolic OH excluding ortho intramolecular Hbond substituents is 1. The maximum Gasteiger partial charge on any atom is 0.258 e. The minimum Gasteiger partial charge on any atom is -0.508 e. The fourth-order valence-electron chi connectivity index (χ4n) is 5.50. The molecule has 1 aliphatic rings. The van der Waals surface area contributed by atoms with Gasteiger partial charge in [-0.2, -0.15) is 0 Å². The smallest absolute Gasteiger partial charge is 0.258 e. The summed E-state index contributed by atoms with van der Waals surface area (Å²) >= 11 is 0. The average molecular weight is 614 g/mol. The number of rotatable bonds is 13. The molecule has 0 bridgehead atoms. The predicted molar refractivity (Wildman–Crippen MR) is 175 cm³/mol. The number of amides is 2. The number of ketones is 1. The summed E-state index contributed by atoms with van der Waals surface area (Å²) in [6.07, 6.45) is 7.08. The zero-order valence-corrected chi connectivity index (χ0v) is 26.6. The third-order valence-electron chi connectivity index (χ3n) is 8.17. The number of para-hydroxylation sites is 1. The molecule has 0 saturated carbocycles. The van der Waals surface area contributed by atoms with Gasteiger partial charge in [-0.15, -0.1) is 0 Å². The molecule has 1 aliphatic heterocycles. The van der Waals surface area contributed by atoms with E-state index in [1.54, 1.807) is 31.3 Å². The fraction of sp³-hybridized carbons (Fsp3) is 0.361. The number of unbranched alkanes of at least 4 members (excludes halogenated alkanes) is 1. The minimum atomic E-state index is -0.384. The number of anilines is 1. The van der Waals surface area contributed by atoms with Crippen LogP contribution in [0, 0.1) is 0 Å². The van der Waals surface area contributed by atoms with Crippen LogP contribution in [0.1, 0.15) is 57.5 Å². The van der Waals surface area contributed by atoms with Gasteiger partial charge < -0.3 is 29.3 Å². The lowest BCUT2D eigenvalue weighted by atomic mass is 9.96. The molecule has 0 unspecified atom stereocenters. The SMILES string of the molecule is COc1cccc(C(=O)N(C)c2ccccc2COCCC/C=C/C(=O)N2CCC(N(C)C)CC2)c1C(=O)c1ccc(O)cc1. The molecule has 2 amide bonds. The molecular formula is C36H43N3O6. The van der Waals surface area contributed by atoms with Crippen molar-refractivity contribution in [1.82, 2.24) is 9.80 Å². The van der Waals surface area contributed by atoms with Crippen LogP contribution >= 0.6 is 0 Å². The zero-order chi connectivity index (χ0) is 32.3. The van der Waals surface area contributed by atoms with Crippen molar-refractivity contribution in [3.05, 3.63) is 101 Å². The van der Waals surface area contributed by atoms with E-state index in [0.29, 0.717) is 30.5 Å². The highest BCUT2D eigenvalue weighted by molar-refractivity contribution is 6.19. The molecule has 3 aromatic rings. The Morgan fingerprint density at radius 3 is 2.36 bits per heavy atom. The van der Waals surface area contributed by atoms with Crippen LogP contribution in [-0.4, -0.2) is 86.5 Å². The molecule has 1 fully saturated rings. The van der Waals surface area contributed by atoms with Gasteiger partial charge in [0.15, 0.2) is 5.78 Å². The van der Waals surface area contributed by atoms with E-state index in [-0.39, 0.29) is 40.2 Å². The molecule has 0 radical (unpaired) electrons. The van der Waals surface area contributed by atoms with Crippen LogP contribution in [0.4, 0.5) is 5.69 Å². The molecular weight excluding hydrogens is 570 g/mol. The van der Waals surface area contributed by atoms with Gasteiger partial charge in [-0.1, -0.05) is 30.3 Å². The molecule has 9 nitrogen and oxygen atoms in total. The maximum atomic E-state index is 13.8. The second-order valence-electron chi connectivity index (χ2n) is 11.4. The topological polar surface area (TPSA) is 99.6 Å². The third-order valence-corrected chi connectivity index (χ3v) is 8.17. The number of benzene rings is 3. The van der Waals surface area contributed by atoms with Crippen molar-refractivity contribution in [2.75, 3.05) is 52.8 Å². The van der Waals surface area contributed by atoms with Gasteiger partial charge in [0.2, 0.25) is 5.91 Å². The number of likely N-dealkylation sites (tertiary alicyclic amines) is 1. The number of hydrogen-bond acceptors (Lipinski definition) is 7. The first-order valence-electron chi connectivity index (χ1n) is 15.3. The van der Waals surface area contributed by atoms with E-state index >= 15 is 0 Å². The van der Waals surface area contributed by atoms with Crippen LogP contribution in [0.25, 0.3) is 0 Å². The predicted octanol–water partition coefficient (Wildman–Crippen LogP) is 5.31. The largest absolute Gasteiger partial charge is 0.508 e. The van der Waals surface area contributed by atoms with Gasteiger partial charge in [-0.05, 0) is 88.3 Å². The van der Waals surface area contributed by atoms with Gasteiger partial charge in [0.25, 0.3) is 5.91 Å². The summed E-state index contributed by atoms with van der Waals surface area (Å²) in [6.45, 7) is 2.38. The molecule has 1 N–H and O–H groups in total. The van der Waals surface area contributed by atoms with Gasteiger partial charge in [0.1, 0.15) is 11.5 Å². The Morgan fingerprint density at radius 1 is 0.956 bits per heavy atom. The number of carbonyl (C=O) groups excluding carboxylic acids is 3. The molecule has 3 aromatic carbocycles. The molecule has 45 heavy (non-hydrogen) atoms. The maximum absolute atomic E-state index is 13.8.